The van der Waals surface area contributed by atoms with E-state index in [0.29, 0.717) is 5.56 Å². The summed E-state index contributed by atoms with van der Waals surface area (Å²) in [4.78, 5) is 24.4. The Kier molecular flexibility index (Phi) is 5.70. The van der Waals surface area contributed by atoms with Gasteiger partial charge in [-0.3, -0.25) is 9.59 Å². The number of sulfonamides is 1. The second-order valence-corrected chi connectivity index (χ2v) is 9.16. The monoisotopic (exact) mass is 440 g/mol. The van der Waals surface area contributed by atoms with E-state index in [9.17, 15) is 18.0 Å². The molecule has 0 spiro atoms. The summed E-state index contributed by atoms with van der Waals surface area (Å²) >= 11 is 12.1. The summed E-state index contributed by atoms with van der Waals surface area (Å²) in [7, 11) is -4.32. The lowest BCUT2D eigenvalue weighted by atomic mass is 10.0. The minimum Gasteiger partial charge on any atom is -0.349 e. The molecule has 28 heavy (non-hydrogen) atoms. The number of amides is 2. The zero-order valence-electron chi connectivity index (χ0n) is 15.2. The average molecular weight is 441 g/mol. The number of hydrogen-bond acceptors (Lipinski definition) is 4. The van der Waals surface area contributed by atoms with Gasteiger partial charge in [-0.25, -0.2) is 13.1 Å². The smallest absolute Gasteiger partial charge is 0.265 e. The highest BCUT2D eigenvalue weighted by Gasteiger charge is 2.28. The minimum absolute atomic E-state index is 0.0162. The summed E-state index contributed by atoms with van der Waals surface area (Å²) in [5.41, 5.74) is 1.74. The van der Waals surface area contributed by atoms with Crippen molar-refractivity contribution >= 4 is 45.0 Å². The van der Waals surface area contributed by atoms with Gasteiger partial charge in [0.25, 0.3) is 21.8 Å². The molecule has 0 aliphatic heterocycles. The molecule has 0 aromatic heterocycles. The standard InChI is InChI=1S/C19H18Cl2N2O4S/c1-10-4-3-5-13(11(10)2)19(25)23-28(26,27)17-8-14(15(20)9-16(17)21)18(24)22-12-6-7-12/h3-5,8-9,12H,6-7H2,1-2H3,(H,22,24)(H,23,25). The number of carbonyl (C=O) groups excluding carboxylic acids is 2. The average Bonchev–Trinajstić information content (AvgIpc) is 3.40. The topological polar surface area (TPSA) is 92.3 Å². The van der Waals surface area contributed by atoms with Gasteiger partial charge in [-0.1, -0.05) is 35.3 Å². The van der Waals surface area contributed by atoms with Crippen LogP contribution in [0.1, 0.15) is 44.7 Å². The van der Waals surface area contributed by atoms with Crippen LogP contribution in [-0.2, 0) is 10.0 Å². The fourth-order valence-electron chi connectivity index (χ4n) is 2.63. The molecule has 6 nitrogen and oxygen atoms in total. The van der Waals surface area contributed by atoms with Gasteiger partial charge in [0, 0.05) is 11.6 Å². The predicted octanol–water partition coefficient (Wildman–Crippen LogP) is 3.62. The molecule has 2 amide bonds. The van der Waals surface area contributed by atoms with E-state index < -0.39 is 26.7 Å². The Balaban J connectivity index is 1.93. The summed E-state index contributed by atoms with van der Waals surface area (Å²) in [6.45, 7) is 3.55. The Bertz CT molecular complexity index is 1080. The summed E-state index contributed by atoms with van der Waals surface area (Å²) in [5, 5.41) is 2.59. The van der Waals surface area contributed by atoms with Gasteiger partial charge >= 0.3 is 0 Å². The van der Waals surface area contributed by atoms with Crippen LogP contribution in [0.2, 0.25) is 10.0 Å². The summed E-state index contributed by atoms with van der Waals surface area (Å²) < 4.78 is 27.5. The van der Waals surface area contributed by atoms with Crippen molar-refractivity contribution < 1.29 is 18.0 Å². The van der Waals surface area contributed by atoms with Crippen LogP contribution in [0.4, 0.5) is 0 Å². The molecule has 0 unspecified atom stereocenters. The molecule has 3 rings (SSSR count). The van der Waals surface area contributed by atoms with Gasteiger partial charge in [0.15, 0.2) is 0 Å². The summed E-state index contributed by atoms with van der Waals surface area (Å²) in [5.74, 6) is -1.27. The molecule has 1 saturated carbocycles. The van der Waals surface area contributed by atoms with Crippen molar-refractivity contribution in [1.82, 2.24) is 10.0 Å². The molecule has 0 atom stereocenters. The number of aryl methyl sites for hydroxylation is 1. The lowest BCUT2D eigenvalue weighted by molar-refractivity contribution is 0.0949. The molecular formula is C19H18Cl2N2O4S. The quantitative estimate of drug-likeness (QED) is 0.742. The summed E-state index contributed by atoms with van der Waals surface area (Å²) in [6, 6.07) is 7.36. The van der Waals surface area contributed by atoms with Crippen LogP contribution in [0.5, 0.6) is 0 Å². The third-order valence-electron chi connectivity index (χ3n) is 4.54. The molecule has 1 aliphatic carbocycles. The van der Waals surface area contributed by atoms with Crippen molar-refractivity contribution in [1.29, 1.82) is 0 Å². The first-order valence-electron chi connectivity index (χ1n) is 8.53. The fraction of sp³-hybridized carbons (Fsp3) is 0.263. The molecule has 148 valence electrons. The van der Waals surface area contributed by atoms with Crippen LogP contribution in [0.15, 0.2) is 35.2 Å². The van der Waals surface area contributed by atoms with E-state index in [1.807, 2.05) is 17.7 Å². The van der Waals surface area contributed by atoms with Gasteiger partial charge in [-0.2, -0.15) is 0 Å². The van der Waals surface area contributed by atoms with Crippen LogP contribution in [-0.4, -0.2) is 26.3 Å². The second-order valence-electron chi connectivity index (χ2n) is 6.69. The van der Waals surface area contributed by atoms with Crippen molar-refractivity contribution in [2.45, 2.75) is 37.6 Å². The Hall–Kier alpha value is -2.09. The van der Waals surface area contributed by atoms with Crippen LogP contribution >= 0.6 is 23.2 Å². The highest BCUT2D eigenvalue weighted by Crippen LogP contribution is 2.30. The van der Waals surface area contributed by atoms with E-state index in [-0.39, 0.29) is 27.2 Å². The number of nitrogens with one attached hydrogen (secondary N) is 2. The normalized spacial score (nSPS) is 13.9. The molecule has 2 N–H and O–H groups in total. The maximum atomic E-state index is 12.8. The third kappa shape index (κ3) is 4.32. The molecule has 9 heteroatoms. The first-order valence-corrected chi connectivity index (χ1v) is 10.8. The molecule has 0 radical (unpaired) electrons. The number of carbonyl (C=O) groups is 2. The minimum atomic E-state index is -4.32. The first-order chi connectivity index (χ1) is 13.1. The molecule has 0 saturated heterocycles. The van der Waals surface area contributed by atoms with E-state index in [1.165, 1.54) is 12.1 Å². The van der Waals surface area contributed by atoms with Crippen molar-refractivity contribution in [3.63, 3.8) is 0 Å². The van der Waals surface area contributed by atoms with E-state index in [1.54, 1.807) is 13.0 Å². The number of hydrogen-bond donors (Lipinski definition) is 2. The van der Waals surface area contributed by atoms with E-state index in [2.05, 4.69) is 5.32 Å². The van der Waals surface area contributed by atoms with Gasteiger partial charge in [0.1, 0.15) is 4.90 Å². The molecule has 2 aromatic carbocycles. The molecule has 0 heterocycles. The SMILES string of the molecule is Cc1cccc(C(=O)NS(=O)(=O)c2cc(C(=O)NC3CC3)c(Cl)cc2Cl)c1C. The van der Waals surface area contributed by atoms with Crippen molar-refractivity contribution in [3.05, 3.63) is 62.6 Å². The maximum Gasteiger partial charge on any atom is 0.265 e. The fourth-order valence-corrected chi connectivity index (χ4v) is 4.46. The van der Waals surface area contributed by atoms with E-state index in [4.69, 9.17) is 23.2 Å². The van der Waals surface area contributed by atoms with Crippen LogP contribution in [0.3, 0.4) is 0 Å². The van der Waals surface area contributed by atoms with E-state index >= 15 is 0 Å². The summed E-state index contributed by atoms with van der Waals surface area (Å²) in [6.07, 6.45) is 1.74. The Labute approximate surface area is 173 Å². The predicted molar refractivity (Wildman–Crippen MR) is 108 cm³/mol. The van der Waals surface area contributed by atoms with Crippen LogP contribution < -0.4 is 10.0 Å². The molecule has 2 aromatic rings. The largest absolute Gasteiger partial charge is 0.349 e. The second kappa shape index (κ2) is 7.73. The van der Waals surface area contributed by atoms with Gasteiger partial charge in [-0.05, 0) is 56.0 Å². The van der Waals surface area contributed by atoms with Crippen molar-refractivity contribution in [2.75, 3.05) is 0 Å². The Morgan fingerprint density at radius 3 is 2.32 bits per heavy atom. The molecular weight excluding hydrogens is 423 g/mol. The molecule has 1 aliphatic rings. The van der Waals surface area contributed by atoms with Gasteiger partial charge in [0.2, 0.25) is 0 Å². The zero-order valence-corrected chi connectivity index (χ0v) is 17.5. The Morgan fingerprint density at radius 2 is 1.68 bits per heavy atom. The molecule has 0 bridgehead atoms. The van der Waals surface area contributed by atoms with Crippen molar-refractivity contribution in [3.8, 4) is 0 Å². The Morgan fingerprint density at radius 1 is 1.00 bits per heavy atom. The lowest BCUT2D eigenvalue weighted by Gasteiger charge is -2.13. The lowest BCUT2D eigenvalue weighted by Crippen LogP contribution is -2.32. The van der Waals surface area contributed by atoms with Gasteiger partial charge in [-0.15, -0.1) is 0 Å². The molecule has 1 fully saturated rings. The number of benzene rings is 2. The number of rotatable bonds is 5. The highest BCUT2D eigenvalue weighted by molar-refractivity contribution is 7.90. The van der Waals surface area contributed by atoms with Crippen molar-refractivity contribution in [2.24, 2.45) is 0 Å². The first kappa shape index (κ1) is 20.6. The third-order valence-corrected chi connectivity index (χ3v) is 6.65. The maximum absolute atomic E-state index is 12.8. The highest BCUT2D eigenvalue weighted by atomic mass is 35.5. The van der Waals surface area contributed by atoms with Gasteiger partial charge in [0.05, 0.1) is 15.6 Å². The van der Waals surface area contributed by atoms with E-state index in [0.717, 1.165) is 24.5 Å². The van der Waals surface area contributed by atoms with Gasteiger partial charge < -0.3 is 5.32 Å². The van der Waals surface area contributed by atoms with Crippen LogP contribution in [0, 0.1) is 13.8 Å². The zero-order chi connectivity index (χ0) is 20.6. The number of halogens is 2. The van der Waals surface area contributed by atoms with Crippen LogP contribution in [0.25, 0.3) is 0 Å².